The molecule has 1 aromatic carbocycles. The summed E-state index contributed by atoms with van der Waals surface area (Å²) in [5.41, 5.74) is 1.31. The van der Waals surface area contributed by atoms with Crippen LogP contribution in [0.2, 0.25) is 0 Å². The second-order valence-corrected chi connectivity index (χ2v) is 4.80. The fraction of sp³-hybridized carbons (Fsp3) is 0.400. The molecule has 108 valence electrons. The molecule has 0 saturated carbocycles. The molecule has 0 amide bonds. The highest BCUT2D eigenvalue weighted by molar-refractivity contribution is 5.20. The molecule has 0 fully saturated rings. The fourth-order valence-electron chi connectivity index (χ4n) is 2.10. The molecule has 0 bridgehead atoms. The first kappa shape index (κ1) is 14.7. The Bertz CT molecular complexity index is 578. The maximum absolute atomic E-state index is 13.7. The number of nitrogens with one attached hydrogen (secondary N) is 1. The Morgan fingerprint density at radius 2 is 2.10 bits per heavy atom. The lowest BCUT2D eigenvalue weighted by molar-refractivity contribution is 0.565. The molecule has 20 heavy (non-hydrogen) atoms. The van der Waals surface area contributed by atoms with Crippen molar-refractivity contribution >= 4 is 0 Å². The Hall–Kier alpha value is -1.75. The molecule has 1 aromatic heterocycles. The predicted molar refractivity (Wildman–Crippen MR) is 74.4 cm³/mol. The minimum atomic E-state index is -0.426. The highest BCUT2D eigenvalue weighted by Gasteiger charge is 2.10. The van der Waals surface area contributed by atoms with Gasteiger partial charge in [0.05, 0.1) is 12.2 Å². The van der Waals surface area contributed by atoms with Crippen molar-refractivity contribution in [2.75, 3.05) is 6.54 Å². The van der Waals surface area contributed by atoms with Gasteiger partial charge in [0.25, 0.3) is 0 Å². The summed E-state index contributed by atoms with van der Waals surface area (Å²) in [5.74, 6) is -0.0289. The van der Waals surface area contributed by atoms with Gasteiger partial charge in [-0.05, 0) is 38.1 Å². The van der Waals surface area contributed by atoms with Gasteiger partial charge in [-0.1, -0.05) is 6.92 Å². The molecule has 0 aliphatic heterocycles. The largest absolute Gasteiger partial charge is 0.326 e. The Morgan fingerprint density at radius 3 is 2.85 bits per heavy atom. The number of imidazole rings is 1. The van der Waals surface area contributed by atoms with Crippen LogP contribution in [0.15, 0.2) is 24.4 Å². The van der Waals surface area contributed by atoms with Crippen LogP contribution >= 0.6 is 0 Å². The van der Waals surface area contributed by atoms with Crippen LogP contribution < -0.4 is 5.32 Å². The van der Waals surface area contributed by atoms with Crippen molar-refractivity contribution in [2.45, 2.75) is 33.4 Å². The first-order chi connectivity index (χ1) is 9.61. The summed E-state index contributed by atoms with van der Waals surface area (Å²) in [7, 11) is 0. The van der Waals surface area contributed by atoms with E-state index < -0.39 is 11.6 Å². The van der Waals surface area contributed by atoms with E-state index in [0.717, 1.165) is 36.6 Å². The molecule has 0 radical (unpaired) electrons. The summed E-state index contributed by atoms with van der Waals surface area (Å²) in [4.78, 5) is 4.25. The lowest BCUT2D eigenvalue weighted by Crippen LogP contribution is -2.18. The molecule has 2 aromatic rings. The van der Waals surface area contributed by atoms with Gasteiger partial charge in [0.15, 0.2) is 0 Å². The lowest BCUT2D eigenvalue weighted by Gasteiger charge is -2.12. The Morgan fingerprint density at radius 1 is 1.30 bits per heavy atom. The molecule has 3 nitrogen and oxygen atoms in total. The van der Waals surface area contributed by atoms with Gasteiger partial charge in [0, 0.05) is 18.3 Å². The number of aryl methyl sites for hydroxylation is 1. The lowest BCUT2D eigenvalue weighted by atomic mass is 10.2. The van der Waals surface area contributed by atoms with Crippen molar-refractivity contribution < 1.29 is 8.78 Å². The maximum atomic E-state index is 13.7. The highest BCUT2D eigenvalue weighted by atomic mass is 19.1. The second-order valence-electron chi connectivity index (χ2n) is 4.80. The van der Waals surface area contributed by atoms with Crippen LogP contribution in [-0.2, 0) is 13.1 Å². The number of aromatic nitrogens is 2. The summed E-state index contributed by atoms with van der Waals surface area (Å²) in [6.07, 6.45) is 2.82. The minimum Gasteiger partial charge on any atom is -0.326 e. The molecule has 0 aliphatic rings. The van der Waals surface area contributed by atoms with Gasteiger partial charge in [0.2, 0.25) is 0 Å². The van der Waals surface area contributed by atoms with E-state index in [0.29, 0.717) is 18.7 Å². The number of halogens is 2. The van der Waals surface area contributed by atoms with E-state index in [4.69, 9.17) is 0 Å². The molecule has 0 atom stereocenters. The third kappa shape index (κ3) is 3.42. The molecular weight excluding hydrogens is 260 g/mol. The summed E-state index contributed by atoms with van der Waals surface area (Å²) in [6.45, 7) is 5.83. The van der Waals surface area contributed by atoms with Crippen LogP contribution in [0, 0.1) is 18.6 Å². The average molecular weight is 279 g/mol. The molecule has 0 unspecified atom stereocenters. The van der Waals surface area contributed by atoms with Gasteiger partial charge in [-0.3, -0.25) is 0 Å². The SMILES string of the molecule is CCCNCc1cnc(C)n1Cc1cc(F)ccc1F. The Kier molecular flexibility index (Phi) is 4.84. The van der Waals surface area contributed by atoms with Crippen molar-refractivity contribution in [3.63, 3.8) is 0 Å². The smallest absolute Gasteiger partial charge is 0.128 e. The molecule has 0 saturated heterocycles. The maximum Gasteiger partial charge on any atom is 0.128 e. The Labute approximate surface area is 117 Å². The van der Waals surface area contributed by atoms with Gasteiger partial charge in [-0.25, -0.2) is 13.8 Å². The predicted octanol–water partition coefficient (Wildman–Crippen LogP) is 3.02. The van der Waals surface area contributed by atoms with Crippen molar-refractivity contribution in [3.8, 4) is 0 Å². The average Bonchev–Trinajstić information content (AvgIpc) is 2.76. The normalized spacial score (nSPS) is 11.0. The first-order valence-electron chi connectivity index (χ1n) is 6.77. The molecule has 0 spiro atoms. The van der Waals surface area contributed by atoms with Crippen molar-refractivity contribution in [1.29, 1.82) is 0 Å². The molecule has 1 N–H and O–H groups in total. The molecule has 5 heteroatoms. The number of hydrogen-bond donors (Lipinski definition) is 1. The van der Waals surface area contributed by atoms with Crippen LogP contribution in [-0.4, -0.2) is 16.1 Å². The zero-order chi connectivity index (χ0) is 14.5. The topological polar surface area (TPSA) is 29.9 Å². The van der Waals surface area contributed by atoms with E-state index >= 15 is 0 Å². The highest BCUT2D eigenvalue weighted by Crippen LogP contribution is 2.14. The van der Waals surface area contributed by atoms with E-state index in [9.17, 15) is 8.78 Å². The number of benzene rings is 1. The van der Waals surface area contributed by atoms with Crippen molar-refractivity contribution in [2.24, 2.45) is 0 Å². The van der Waals surface area contributed by atoms with Gasteiger partial charge in [-0.2, -0.15) is 0 Å². The second kappa shape index (κ2) is 6.61. The van der Waals surface area contributed by atoms with Crippen LogP contribution in [0.25, 0.3) is 0 Å². The summed E-state index contributed by atoms with van der Waals surface area (Å²) < 4.78 is 28.8. The molecule has 1 heterocycles. The van der Waals surface area contributed by atoms with Crippen LogP contribution in [0.1, 0.15) is 30.4 Å². The molecular formula is C15H19F2N3. The first-order valence-corrected chi connectivity index (χ1v) is 6.77. The zero-order valence-electron chi connectivity index (χ0n) is 11.8. The summed E-state index contributed by atoms with van der Waals surface area (Å²) in [5, 5.41) is 3.29. The van der Waals surface area contributed by atoms with Gasteiger partial charge >= 0.3 is 0 Å². The third-order valence-corrected chi connectivity index (χ3v) is 3.21. The molecule has 2 rings (SSSR count). The van der Waals surface area contributed by atoms with Crippen LogP contribution in [0.4, 0.5) is 8.78 Å². The van der Waals surface area contributed by atoms with E-state index in [2.05, 4.69) is 17.2 Å². The van der Waals surface area contributed by atoms with Gasteiger partial charge in [-0.15, -0.1) is 0 Å². The number of rotatable bonds is 6. The van der Waals surface area contributed by atoms with Gasteiger partial charge in [0.1, 0.15) is 17.5 Å². The fourth-order valence-corrected chi connectivity index (χ4v) is 2.10. The van der Waals surface area contributed by atoms with Crippen LogP contribution in [0.3, 0.4) is 0 Å². The minimum absolute atomic E-state index is 0.290. The van der Waals surface area contributed by atoms with Gasteiger partial charge < -0.3 is 9.88 Å². The van der Waals surface area contributed by atoms with Crippen molar-refractivity contribution in [1.82, 2.24) is 14.9 Å². The van der Waals surface area contributed by atoms with Crippen LogP contribution in [0.5, 0.6) is 0 Å². The standard InChI is InChI=1S/C15H19F2N3/c1-3-6-18-8-14-9-19-11(2)20(14)10-12-7-13(16)4-5-15(12)17/h4-5,7,9,18H,3,6,8,10H2,1-2H3. The molecule has 0 aliphatic carbocycles. The third-order valence-electron chi connectivity index (χ3n) is 3.21. The Balaban J connectivity index is 2.19. The van der Waals surface area contributed by atoms with E-state index in [1.807, 2.05) is 11.5 Å². The quantitative estimate of drug-likeness (QED) is 0.824. The van der Waals surface area contributed by atoms with E-state index in [-0.39, 0.29) is 0 Å². The van der Waals surface area contributed by atoms with Crippen molar-refractivity contribution in [3.05, 3.63) is 53.1 Å². The van der Waals surface area contributed by atoms with E-state index in [1.165, 1.54) is 6.07 Å². The number of nitrogens with zero attached hydrogens (tertiary/aromatic N) is 2. The summed E-state index contributed by atoms with van der Waals surface area (Å²) in [6, 6.07) is 3.52. The number of hydrogen-bond acceptors (Lipinski definition) is 2. The zero-order valence-corrected chi connectivity index (χ0v) is 11.8. The van der Waals surface area contributed by atoms with E-state index in [1.54, 1.807) is 6.20 Å². The monoisotopic (exact) mass is 279 g/mol. The summed E-state index contributed by atoms with van der Waals surface area (Å²) >= 11 is 0.